The van der Waals surface area contributed by atoms with Gasteiger partial charge >= 0.3 is 0 Å². The quantitative estimate of drug-likeness (QED) is 0.924. The van der Waals surface area contributed by atoms with Crippen molar-refractivity contribution in [3.05, 3.63) is 29.8 Å². The van der Waals surface area contributed by atoms with Crippen molar-refractivity contribution in [3.8, 4) is 0 Å². The van der Waals surface area contributed by atoms with Crippen molar-refractivity contribution < 1.29 is 13.2 Å². The molecule has 0 spiro atoms. The fraction of sp³-hybridized carbons (Fsp3) is 0.562. The molecule has 0 aliphatic heterocycles. The highest BCUT2D eigenvalue weighted by Gasteiger charge is 2.26. The lowest BCUT2D eigenvalue weighted by Crippen LogP contribution is -2.39. The van der Waals surface area contributed by atoms with E-state index >= 15 is 0 Å². The van der Waals surface area contributed by atoms with Crippen LogP contribution in [0.5, 0.6) is 0 Å². The lowest BCUT2D eigenvalue weighted by atomic mass is 9.86. The maximum Gasteiger partial charge on any atom is 0.253 e. The number of sulfonamides is 1. The summed E-state index contributed by atoms with van der Waals surface area (Å²) >= 11 is 0. The third-order valence-electron chi connectivity index (χ3n) is 4.51. The minimum Gasteiger partial charge on any atom is -0.339 e. The van der Waals surface area contributed by atoms with Crippen LogP contribution in [0.3, 0.4) is 0 Å². The number of carbonyl (C=O) groups is 1. The predicted octanol–water partition coefficient (Wildman–Crippen LogP) is 2.25. The number of hydrogen-bond acceptors (Lipinski definition) is 3. The molecule has 0 bridgehead atoms. The van der Waals surface area contributed by atoms with Crippen molar-refractivity contribution in [1.29, 1.82) is 0 Å². The summed E-state index contributed by atoms with van der Waals surface area (Å²) in [5, 5.41) is 0. The number of benzene rings is 1. The van der Waals surface area contributed by atoms with Crippen molar-refractivity contribution in [3.63, 3.8) is 0 Å². The molecule has 1 saturated carbocycles. The van der Waals surface area contributed by atoms with Crippen molar-refractivity contribution in [2.45, 2.75) is 43.5 Å². The van der Waals surface area contributed by atoms with Crippen LogP contribution in [0.2, 0.25) is 0 Å². The Morgan fingerprint density at radius 3 is 2.45 bits per heavy atom. The number of carbonyl (C=O) groups excluding carboxylic acids is 1. The first-order valence-corrected chi connectivity index (χ1v) is 9.14. The van der Waals surface area contributed by atoms with Gasteiger partial charge in [-0.2, -0.15) is 0 Å². The van der Waals surface area contributed by atoms with Gasteiger partial charge in [0.05, 0.1) is 4.90 Å². The van der Waals surface area contributed by atoms with Gasteiger partial charge in [0, 0.05) is 18.7 Å². The number of nitrogens with one attached hydrogen (secondary N) is 1. The van der Waals surface area contributed by atoms with E-state index in [1.807, 2.05) is 7.05 Å². The van der Waals surface area contributed by atoms with E-state index in [1.54, 1.807) is 17.0 Å². The molecule has 1 aliphatic rings. The Kier molecular flexibility index (Phi) is 5.24. The van der Waals surface area contributed by atoms with Crippen LogP contribution in [0, 0.1) is 5.92 Å². The molecular formula is C16H24N2O3S. The molecule has 0 saturated heterocycles. The third kappa shape index (κ3) is 3.67. The Balaban J connectivity index is 2.17. The molecule has 1 aliphatic carbocycles. The van der Waals surface area contributed by atoms with E-state index in [1.165, 1.54) is 19.2 Å². The van der Waals surface area contributed by atoms with Gasteiger partial charge in [-0.05, 0) is 56.8 Å². The minimum atomic E-state index is -3.53. The molecule has 6 heteroatoms. The van der Waals surface area contributed by atoms with Crippen molar-refractivity contribution in [2.75, 3.05) is 14.1 Å². The van der Waals surface area contributed by atoms with Crippen LogP contribution >= 0.6 is 0 Å². The van der Waals surface area contributed by atoms with E-state index in [-0.39, 0.29) is 16.8 Å². The highest BCUT2D eigenvalue weighted by atomic mass is 32.2. The van der Waals surface area contributed by atoms with Gasteiger partial charge < -0.3 is 4.90 Å². The number of hydrogen-bond donors (Lipinski definition) is 1. The third-order valence-corrected chi connectivity index (χ3v) is 5.93. The minimum absolute atomic E-state index is 0.117. The van der Waals surface area contributed by atoms with Crippen molar-refractivity contribution >= 4 is 15.9 Å². The Morgan fingerprint density at radius 1 is 1.23 bits per heavy atom. The van der Waals surface area contributed by atoms with Crippen molar-refractivity contribution in [1.82, 2.24) is 9.62 Å². The molecule has 1 fully saturated rings. The molecule has 1 aromatic rings. The second-order valence-electron chi connectivity index (χ2n) is 6.07. The summed E-state index contributed by atoms with van der Waals surface area (Å²) in [5.41, 5.74) is 0.414. The molecule has 0 unspecified atom stereocenters. The van der Waals surface area contributed by atoms with Crippen LogP contribution in [-0.2, 0) is 10.0 Å². The fourth-order valence-corrected chi connectivity index (χ4v) is 3.69. The van der Waals surface area contributed by atoms with Gasteiger partial charge in [0.15, 0.2) is 0 Å². The van der Waals surface area contributed by atoms with Gasteiger partial charge in [-0.3, -0.25) is 4.79 Å². The Labute approximate surface area is 132 Å². The maximum atomic E-state index is 12.6. The van der Waals surface area contributed by atoms with E-state index in [9.17, 15) is 13.2 Å². The zero-order chi connectivity index (χ0) is 16.3. The average Bonchev–Trinajstić information content (AvgIpc) is 2.54. The molecule has 1 aromatic carbocycles. The van der Waals surface area contributed by atoms with Crippen LogP contribution in [0.25, 0.3) is 0 Å². The number of nitrogens with zero attached hydrogens (tertiary/aromatic N) is 1. The first-order chi connectivity index (χ1) is 10.3. The second kappa shape index (κ2) is 6.79. The highest BCUT2D eigenvalue weighted by Crippen LogP contribution is 2.27. The number of amides is 1. The normalized spacial score (nSPS) is 22.3. The Morgan fingerprint density at radius 2 is 1.86 bits per heavy atom. The number of rotatable bonds is 4. The molecule has 5 nitrogen and oxygen atoms in total. The lowest BCUT2D eigenvalue weighted by Gasteiger charge is -2.33. The zero-order valence-electron chi connectivity index (χ0n) is 13.4. The van der Waals surface area contributed by atoms with Gasteiger partial charge in [0.1, 0.15) is 0 Å². The summed E-state index contributed by atoms with van der Waals surface area (Å²) in [6.45, 7) is 2.24. The topological polar surface area (TPSA) is 66.5 Å². The summed E-state index contributed by atoms with van der Waals surface area (Å²) in [6, 6.07) is 6.45. The van der Waals surface area contributed by atoms with E-state index in [4.69, 9.17) is 0 Å². The predicted molar refractivity (Wildman–Crippen MR) is 86.2 cm³/mol. The smallest absolute Gasteiger partial charge is 0.253 e. The summed E-state index contributed by atoms with van der Waals surface area (Å²) in [5.74, 6) is 0.608. The zero-order valence-corrected chi connectivity index (χ0v) is 14.2. The van der Waals surface area contributed by atoms with Gasteiger partial charge in [0.2, 0.25) is 10.0 Å². The van der Waals surface area contributed by atoms with Crippen LogP contribution in [0.15, 0.2) is 29.2 Å². The standard InChI is InChI=1S/C16H24N2O3S/c1-12-7-9-14(10-8-12)18(3)16(19)13-5-4-6-15(11-13)22(20,21)17-2/h4-6,11-12,14,17H,7-10H2,1-3H3. The molecule has 0 atom stereocenters. The van der Waals surface area contributed by atoms with Crippen LogP contribution in [-0.4, -0.2) is 39.4 Å². The lowest BCUT2D eigenvalue weighted by molar-refractivity contribution is 0.0679. The first-order valence-electron chi connectivity index (χ1n) is 7.66. The molecule has 1 N–H and O–H groups in total. The molecule has 1 amide bonds. The van der Waals surface area contributed by atoms with E-state index in [2.05, 4.69) is 11.6 Å². The van der Waals surface area contributed by atoms with Crippen LogP contribution in [0.1, 0.15) is 43.0 Å². The monoisotopic (exact) mass is 324 g/mol. The van der Waals surface area contributed by atoms with E-state index < -0.39 is 10.0 Å². The molecule has 0 aromatic heterocycles. The van der Waals surface area contributed by atoms with Gasteiger partial charge in [0.25, 0.3) is 5.91 Å². The van der Waals surface area contributed by atoms with Crippen LogP contribution in [0.4, 0.5) is 0 Å². The molecule has 0 heterocycles. The van der Waals surface area contributed by atoms with Gasteiger partial charge in [-0.25, -0.2) is 13.1 Å². The van der Waals surface area contributed by atoms with E-state index in [0.717, 1.165) is 31.6 Å². The Hall–Kier alpha value is -1.40. The average molecular weight is 324 g/mol. The SMILES string of the molecule is CNS(=O)(=O)c1cccc(C(=O)N(C)C2CCC(C)CC2)c1. The summed E-state index contributed by atoms with van der Waals surface area (Å²) < 4.78 is 26.0. The molecule has 22 heavy (non-hydrogen) atoms. The highest BCUT2D eigenvalue weighted by molar-refractivity contribution is 7.89. The van der Waals surface area contributed by atoms with Gasteiger partial charge in [-0.1, -0.05) is 13.0 Å². The van der Waals surface area contributed by atoms with Gasteiger partial charge in [-0.15, -0.1) is 0 Å². The second-order valence-corrected chi connectivity index (χ2v) is 7.95. The molecular weight excluding hydrogens is 300 g/mol. The summed E-state index contributed by atoms with van der Waals surface area (Å²) in [6.07, 6.45) is 4.29. The molecule has 2 rings (SSSR count). The largest absolute Gasteiger partial charge is 0.339 e. The van der Waals surface area contributed by atoms with Crippen LogP contribution < -0.4 is 4.72 Å². The van der Waals surface area contributed by atoms with E-state index in [0.29, 0.717) is 5.56 Å². The first kappa shape index (κ1) is 17.0. The summed E-state index contributed by atoms with van der Waals surface area (Å²) in [7, 11) is -0.365. The van der Waals surface area contributed by atoms with Crippen molar-refractivity contribution in [2.24, 2.45) is 5.92 Å². The summed E-state index contributed by atoms with van der Waals surface area (Å²) in [4.78, 5) is 14.5. The molecule has 122 valence electrons. The maximum absolute atomic E-state index is 12.6. The Bertz CT molecular complexity index is 635. The fourth-order valence-electron chi connectivity index (χ4n) is 2.91. The molecule has 0 radical (unpaired) electrons.